The first-order valence-corrected chi connectivity index (χ1v) is 8.20. The van der Waals surface area contributed by atoms with Gasteiger partial charge in [-0.3, -0.25) is 0 Å². The van der Waals surface area contributed by atoms with Crippen LogP contribution in [0.1, 0.15) is 22.5 Å². The maximum Gasteiger partial charge on any atom is 0.216 e. The van der Waals surface area contributed by atoms with Crippen LogP contribution in [0.2, 0.25) is 0 Å². The molecule has 0 saturated heterocycles. The number of nitrogens with one attached hydrogen (secondary N) is 1. The molecule has 5 nitrogen and oxygen atoms in total. The Labute approximate surface area is 154 Å². The molecular weight excluding hydrogens is 358 g/mol. The predicted octanol–water partition coefficient (Wildman–Crippen LogP) is 4.30. The van der Waals surface area contributed by atoms with E-state index in [9.17, 15) is 8.78 Å². The van der Waals surface area contributed by atoms with Gasteiger partial charge in [-0.1, -0.05) is 6.07 Å². The molecule has 1 heterocycles. The molecule has 0 bridgehead atoms. The Bertz CT molecular complexity index is 1010. The van der Waals surface area contributed by atoms with Crippen LogP contribution in [0.4, 0.5) is 8.78 Å². The summed E-state index contributed by atoms with van der Waals surface area (Å²) < 4.78 is 34.0. The molecule has 0 spiro atoms. The smallest absolute Gasteiger partial charge is 0.216 e. The molecule has 3 aromatic rings. The highest BCUT2D eigenvalue weighted by Gasteiger charge is 2.08. The zero-order valence-corrected chi connectivity index (χ0v) is 15.0. The highest BCUT2D eigenvalue weighted by atomic mass is 32.1. The van der Waals surface area contributed by atoms with E-state index >= 15 is 0 Å². The van der Waals surface area contributed by atoms with Crippen LogP contribution in [0.3, 0.4) is 0 Å². The Hall–Kier alpha value is -2.87. The monoisotopic (exact) mass is 374 g/mol. The second-order valence-corrected chi connectivity index (χ2v) is 6.17. The summed E-state index contributed by atoms with van der Waals surface area (Å²) in [6.07, 6.45) is 1.25. The van der Waals surface area contributed by atoms with Crippen molar-refractivity contribution in [1.29, 1.82) is 0 Å². The Kier molecular flexibility index (Phi) is 5.22. The minimum Gasteiger partial charge on any atom is -0.486 e. The lowest BCUT2D eigenvalue weighted by molar-refractivity contribution is 0.290. The van der Waals surface area contributed by atoms with Crippen LogP contribution in [-0.4, -0.2) is 21.1 Å². The number of aryl methyl sites for hydroxylation is 2. The SMILES string of the molecule is Cc1cc(C)cc(OCc2n[nH]c(=S)n2/N=C\c2ccc(F)cc2F)c1. The van der Waals surface area contributed by atoms with Gasteiger partial charge < -0.3 is 4.74 Å². The molecule has 0 aliphatic carbocycles. The summed E-state index contributed by atoms with van der Waals surface area (Å²) >= 11 is 5.14. The lowest BCUT2D eigenvalue weighted by Gasteiger charge is -2.07. The number of hydrogen-bond acceptors (Lipinski definition) is 4. The number of aromatic nitrogens is 3. The Morgan fingerprint density at radius 2 is 1.92 bits per heavy atom. The summed E-state index contributed by atoms with van der Waals surface area (Å²) in [5, 5.41) is 10.8. The normalized spacial score (nSPS) is 11.2. The highest BCUT2D eigenvalue weighted by Crippen LogP contribution is 2.17. The summed E-state index contributed by atoms with van der Waals surface area (Å²) in [7, 11) is 0. The van der Waals surface area contributed by atoms with Crippen LogP contribution in [-0.2, 0) is 6.61 Å². The second-order valence-electron chi connectivity index (χ2n) is 5.78. The van der Waals surface area contributed by atoms with E-state index in [-0.39, 0.29) is 16.9 Å². The average Bonchev–Trinajstić information content (AvgIpc) is 2.91. The van der Waals surface area contributed by atoms with E-state index in [0.717, 1.165) is 23.3 Å². The van der Waals surface area contributed by atoms with E-state index in [1.165, 1.54) is 17.0 Å². The van der Waals surface area contributed by atoms with Crippen LogP contribution in [0.15, 0.2) is 41.5 Å². The van der Waals surface area contributed by atoms with E-state index in [0.29, 0.717) is 11.6 Å². The molecule has 26 heavy (non-hydrogen) atoms. The zero-order valence-electron chi connectivity index (χ0n) is 14.2. The molecular formula is C18H16F2N4OS. The molecule has 0 unspecified atom stereocenters. The number of ether oxygens (including phenoxy) is 1. The largest absolute Gasteiger partial charge is 0.486 e. The first kappa shape index (κ1) is 17.9. The van der Waals surface area contributed by atoms with Gasteiger partial charge in [-0.2, -0.15) is 14.9 Å². The van der Waals surface area contributed by atoms with Gasteiger partial charge in [0.25, 0.3) is 0 Å². The third-order valence-corrected chi connectivity index (χ3v) is 3.82. The minimum atomic E-state index is -0.711. The van der Waals surface area contributed by atoms with Crippen molar-refractivity contribution in [3.63, 3.8) is 0 Å². The van der Waals surface area contributed by atoms with Crippen molar-refractivity contribution in [2.24, 2.45) is 5.10 Å². The lowest BCUT2D eigenvalue weighted by Crippen LogP contribution is -2.05. The Morgan fingerprint density at radius 3 is 2.62 bits per heavy atom. The molecule has 1 aromatic heterocycles. The number of halogens is 2. The molecule has 1 N–H and O–H groups in total. The molecule has 0 aliphatic rings. The average molecular weight is 374 g/mol. The number of hydrogen-bond donors (Lipinski definition) is 1. The predicted molar refractivity (Wildman–Crippen MR) is 97.0 cm³/mol. The zero-order chi connectivity index (χ0) is 18.7. The van der Waals surface area contributed by atoms with Gasteiger partial charge in [-0.05, 0) is 61.5 Å². The summed E-state index contributed by atoms with van der Waals surface area (Å²) in [6, 6.07) is 9.11. The number of aromatic amines is 1. The van der Waals surface area contributed by atoms with Gasteiger partial charge in [-0.15, -0.1) is 0 Å². The fraction of sp³-hybridized carbons (Fsp3) is 0.167. The molecule has 0 radical (unpaired) electrons. The van der Waals surface area contributed by atoms with Gasteiger partial charge in [-0.25, -0.2) is 13.9 Å². The number of benzene rings is 2. The molecule has 0 saturated carbocycles. The van der Waals surface area contributed by atoms with Gasteiger partial charge in [0.1, 0.15) is 24.0 Å². The highest BCUT2D eigenvalue weighted by molar-refractivity contribution is 7.71. The molecule has 8 heteroatoms. The van der Waals surface area contributed by atoms with Gasteiger partial charge in [0.15, 0.2) is 5.82 Å². The summed E-state index contributed by atoms with van der Waals surface area (Å²) in [4.78, 5) is 0. The number of rotatable bonds is 5. The van der Waals surface area contributed by atoms with E-state index in [4.69, 9.17) is 17.0 Å². The molecule has 0 amide bonds. The lowest BCUT2D eigenvalue weighted by atomic mass is 10.1. The van der Waals surface area contributed by atoms with Crippen LogP contribution >= 0.6 is 12.2 Å². The van der Waals surface area contributed by atoms with Crippen molar-refractivity contribution >= 4 is 18.4 Å². The first-order valence-electron chi connectivity index (χ1n) is 7.79. The van der Waals surface area contributed by atoms with Gasteiger partial charge >= 0.3 is 0 Å². The summed E-state index contributed by atoms with van der Waals surface area (Å²) in [5.41, 5.74) is 2.31. The maximum atomic E-state index is 13.7. The fourth-order valence-electron chi connectivity index (χ4n) is 2.43. The minimum absolute atomic E-state index is 0.124. The molecule has 3 rings (SSSR count). The number of nitrogens with zero attached hydrogens (tertiary/aromatic N) is 3. The Balaban J connectivity index is 1.80. The molecule has 0 atom stereocenters. The van der Waals surface area contributed by atoms with E-state index in [2.05, 4.69) is 15.3 Å². The molecule has 0 aliphatic heterocycles. The van der Waals surface area contributed by atoms with E-state index in [1.54, 1.807) is 0 Å². The van der Waals surface area contributed by atoms with Crippen LogP contribution in [0, 0.1) is 30.3 Å². The van der Waals surface area contributed by atoms with E-state index < -0.39 is 11.6 Å². The Morgan fingerprint density at radius 1 is 1.19 bits per heavy atom. The van der Waals surface area contributed by atoms with Crippen molar-refractivity contribution in [3.8, 4) is 5.75 Å². The van der Waals surface area contributed by atoms with Gasteiger partial charge in [0.2, 0.25) is 4.77 Å². The topological polar surface area (TPSA) is 55.2 Å². The summed E-state index contributed by atoms with van der Waals surface area (Å²) in [6.45, 7) is 4.09. The fourth-order valence-corrected chi connectivity index (χ4v) is 2.63. The third-order valence-electron chi connectivity index (χ3n) is 3.56. The van der Waals surface area contributed by atoms with E-state index in [1.807, 2.05) is 32.0 Å². The van der Waals surface area contributed by atoms with Crippen LogP contribution in [0.5, 0.6) is 5.75 Å². The molecule has 134 valence electrons. The van der Waals surface area contributed by atoms with Crippen molar-refractivity contribution in [2.75, 3.05) is 0 Å². The third kappa shape index (κ3) is 4.20. The molecule has 2 aromatic carbocycles. The second kappa shape index (κ2) is 7.57. The van der Waals surface area contributed by atoms with Crippen LogP contribution in [0.25, 0.3) is 0 Å². The molecule has 0 fully saturated rings. The van der Waals surface area contributed by atoms with Crippen molar-refractivity contribution in [1.82, 2.24) is 14.9 Å². The van der Waals surface area contributed by atoms with Crippen molar-refractivity contribution < 1.29 is 13.5 Å². The first-order chi connectivity index (χ1) is 12.4. The van der Waals surface area contributed by atoms with Crippen molar-refractivity contribution in [2.45, 2.75) is 20.5 Å². The van der Waals surface area contributed by atoms with Crippen LogP contribution < -0.4 is 4.74 Å². The van der Waals surface area contributed by atoms with Crippen molar-refractivity contribution in [3.05, 3.63) is 75.3 Å². The quantitative estimate of drug-likeness (QED) is 0.535. The van der Waals surface area contributed by atoms with Gasteiger partial charge in [0.05, 0.1) is 6.21 Å². The maximum absolute atomic E-state index is 13.7. The number of H-pyrrole nitrogens is 1. The standard InChI is InChI=1S/C18H16F2N4OS/c1-11-5-12(2)7-15(6-11)25-10-17-22-23-18(26)24(17)21-9-13-3-4-14(19)8-16(13)20/h3-9H,10H2,1-2H3,(H,23,26)/b21-9-. The van der Waals surface area contributed by atoms with Gasteiger partial charge in [0, 0.05) is 11.6 Å². The summed E-state index contributed by atoms with van der Waals surface area (Å²) in [5.74, 6) is -0.233.